The van der Waals surface area contributed by atoms with Crippen molar-refractivity contribution in [3.63, 3.8) is 0 Å². The topological polar surface area (TPSA) is 83.6 Å². The SMILES string of the molecule is COC(=O)C1(N2CCN(Cc3cn[nH]c3-c3cccnc3)CC2)CCOC1. The van der Waals surface area contributed by atoms with E-state index in [1.54, 1.807) is 6.20 Å². The molecule has 2 saturated heterocycles. The van der Waals surface area contributed by atoms with Crippen molar-refractivity contribution in [3.05, 3.63) is 36.3 Å². The fourth-order valence-corrected chi connectivity index (χ4v) is 4.05. The van der Waals surface area contributed by atoms with Gasteiger partial charge in [0.05, 0.1) is 25.6 Å². The number of H-pyrrole nitrogens is 1. The third-order valence-electron chi connectivity index (χ3n) is 5.61. The molecule has 0 aromatic carbocycles. The normalized spacial score (nSPS) is 24.2. The Labute approximate surface area is 158 Å². The monoisotopic (exact) mass is 371 g/mol. The predicted octanol–water partition coefficient (Wildman–Crippen LogP) is 0.921. The summed E-state index contributed by atoms with van der Waals surface area (Å²) in [5.41, 5.74) is 2.60. The molecule has 0 amide bonds. The molecule has 1 atom stereocenters. The second-order valence-corrected chi connectivity index (χ2v) is 7.10. The molecule has 1 unspecified atom stereocenters. The van der Waals surface area contributed by atoms with E-state index >= 15 is 0 Å². The van der Waals surface area contributed by atoms with Crippen LogP contribution >= 0.6 is 0 Å². The summed E-state index contributed by atoms with van der Waals surface area (Å²) >= 11 is 0. The van der Waals surface area contributed by atoms with Crippen LogP contribution in [0.15, 0.2) is 30.7 Å². The molecule has 2 aromatic rings. The van der Waals surface area contributed by atoms with Gasteiger partial charge in [0, 0.05) is 69.3 Å². The van der Waals surface area contributed by atoms with Crippen molar-refractivity contribution in [2.24, 2.45) is 0 Å². The molecule has 4 rings (SSSR count). The van der Waals surface area contributed by atoms with E-state index in [4.69, 9.17) is 9.47 Å². The summed E-state index contributed by atoms with van der Waals surface area (Å²) in [4.78, 5) is 21.2. The van der Waals surface area contributed by atoms with Crippen LogP contribution in [0.25, 0.3) is 11.3 Å². The van der Waals surface area contributed by atoms with Crippen molar-refractivity contribution in [3.8, 4) is 11.3 Å². The first kappa shape index (κ1) is 18.1. The zero-order valence-electron chi connectivity index (χ0n) is 15.6. The Hall–Kier alpha value is -2.29. The van der Waals surface area contributed by atoms with Crippen LogP contribution in [-0.2, 0) is 20.8 Å². The fourth-order valence-electron chi connectivity index (χ4n) is 4.05. The molecule has 2 aromatic heterocycles. The number of esters is 1. The molecule has 0 spiro atoms. The van der Waals surface area contributed by atoms with Crippen LogP contribution in [0.4, 0.5) is 0 Å². The number of nitrogens with one attached hydrogen (secondary N) is 1. The Kier molecular flexibility index (Phi) is 5.20. The van der Waals surface area contributed by atoms with Crippen molar-refractivity contribution in [1.29, 1.82) is 0 Å². The van der Waals surface area contributed by atoms with Gasteiger partial charge in [0.2, 0.25) is 0 Å². The lowest BCUT2D eigenvalue weighted by Crippen LogP contribution is -2.61. The maximum atomic E-state index is 12.4. The Morgan fingerprint density at radius 2 is 2.19 bits per heavy atom. The summed E-state index contributed by atoms with van der Waals surface area (Å²) in [6, 6.07) is 3.96. The molecule has 0 radical (unpaired) electrons. The molecule has 2 fully saturated rings. The Morgan fingerprint density at radius 1 is 1.33 bits per heavy atom. The lowest BCUT2D eigenvalue weighted by molar-refractivity contribution is -0.157. The zero-order valence-corrected chi connectivity index (χ0v) is 15.6. The summed E-state index contributed by atoms with van der Waals surface area (Å²) < 4.78 is 10.6. The number of nitrogens with zero attached hydrogens (tertiary/aromatic N) is 4. The molecular weight excluding hydrogens is 346 g/mol. The van der Waals surface area contributed by atoms with Crippen molar-refractivity contribution < 1.29 is 14.3 Å². The van der Waals surface area contributed by atoms with E-state index in [-0.39, 0.29) is 5.97 Å². The number of hydrogen-bond acceptors (Lipinski definition) is 7. The molecule has 8 nitrogen and oxygen atoms in total. The summed E-state index contributed by atoms with van der Waals surface area (Å²) in [6.45, 7) is 5.26. The van der Waals surface area contributed by atoms with Gasteiger partial charge in [-0.2, -0.15) is 5.10 Å². The number of carbonyl (C=O) groups is 1. The van der Waals surface area contributed by atoms with Crippen molar-refractivity contribution in [2.75, 3.05) is 46.5 Å². The minimum atomic E-state index is -0.614. The van der Waals surface area contributed by atoms with Gasteiger partial charge in [-0.05, 0) is 12.1 Å². The molecule has 0 aliphatic carbocycles. The average Bonchev–Trinajstić information content (AvgIpc) is 3.39. The Balaban J connectivity index is 1.41. The van der Waals surface area contributed by atoms with Gasteiger partial charge in [0.1, 0.15) is 5.54 Å². The summed E-state index contributed by atoms with van der Waals surface area (Å²) in [6.07, 6.45) is 6.19. The lowest BCUT2D eigenvalue weighted by Gasteiger charge is -2.43. The quantitative estimate of drug-likeness (QED) is 0.783. The largest absolute Gasteiger partial charge is 0.468 e. The highest BCUT2D eigenvalue weighted by atomic mass is 16.5. The number of aromatic amines is 1. The minimum Gasteiger partial charge on any atom is -0.468 e. The smallest absolute Gasteiger partial charge is 0.328 e. The number of pyridine rings is 1. The standard InChI is InChI=1S/C19H25N5O3/c1-26-18(25)19(4-10-27-14-19)24-8-6-23(7-9-24)13-16-12-21-22-17(16)15-3-2-5-20-11-15/h2-3,5,11-12H,4,6-10,13-14H2,1H3,(H,21,22). The maximum absolute atomic E-state index is 12.4. The van der Waals surface area contributed by atoms with E-state index in [0.717, 1.165) is 49.5 Å². The van der Waals surface area contributed by atoms with Crippen molar-refractivity contribution >= 4 is 5.97 Å². The van der Waals surface area contributed by atoms with Gasteiger partial charge < -0.3 is 9.47 Å². The van der Waals surface area contributed by atoms with Crippen molar-refractivity contribution in [1.82, 2.24) is 25.0 Å². The van der Waals surface area contributed by atoms with E-state index < -0.39 is 5.54 Å². The summed E-state index contributed by atoms with van der Waals surface area (Å²) in [7, 11) is 1.46. The van der Waals surface area contributed by atoms with Gasteiger partial charge in [-0.15, -0.1) is 0 Å². The Bertz CT molecular complexity index is 765. The predicted molar refractivity (Wildman–Crippen MR) is 98.9 cm³/mol. The van der Waals surface area contributed by atoms with Crippen LogP contribution in [0.1, 0.15) is 12.0 Å². The third-order valence-corrected chi connectivity index (χ3v) is 5.61. The van der Waals surface area contributed by atoms with Crippen molar-refractivity contribution in [2.45, 2.75) is 18.5 Å². The Morgan fingerprint density at radius 3 is 2.85 bits per heavy atom. The second-order valence-electron chi connectivity index (χ2n) is 7.10. The number of methoxy groups -OCH3 is 1. The number of ether oxygens (including phenoxy) is 2. The molecule has 8 heteroatoms. The highest BCUT2D eigenvalue weighted by molar-refractivity contribution is 5.81. The first-order valence-corrected chi connectivity index (χ1v) is 9.29. The van der Waals surface area contributed by atoms with Gasteiger partial charge in [-0.1, -0.05) is 0 Å². The highest BCUT2D eigenvalue weighted by Crippen LogP contribution is 2.29. The van der Waals surface area contributed by atoms with Crippen LogP contribution in [0.2, 0.25) is 0 Å². The molecule has 0 bridgehead atoms. The number of piperazine rings is 1. The summed E-state index contributed by atoms with van der Waals surface area (Å²) in [5, 5.41) is 7.31. The van der Waals surface area contributed by atoms with E-state index in [2.05, 4.69) is 25.0 Å². The third kappa shape index (κ3) is 3.47. The van der Waals surface area contributed by atoms with Gasteiger partial charge in [0.25, 0.3) is 0 Å². The first-order chi connectivity index (χ1) is 13.2. The second kappa shape index (κ2) is 7.75. The van der Waals surface area contributed by atoms with Crippen LogP contribution in [0.3, 0.4) is 0 Å². The van der Waals surface area contributed by atoms with E-state index in [9.17, 15) is 4.79 Å². The number of aromatic nitrogens is 3. The average molecular weight is 371 g/mol. The highest BCUT2D eigenvalue weighted by Gasteiger charge is 2.49. The van der Waals surface area contributed by atoms with E-state index in [1.165, 1.54) is 7.11 Å². The van der Waals surface area contributed by atoms with Crippen LogP contribution < -0.4 is 0 Å². The number of hydrogen-bond donors (Lipinski definition) is 1. The number of rotatable bonds is 5. The van der Waals surface area contributed by atoms with Crippen LogP contribution in [-0.4, -0.2) is 83.0 Å². The zero-order chi connectivity index (χ0) is 18.7. The molecule has 4 heterocycles. The molecule has 2 aliphatic rings. The molecular formula is C19H25N5O3. The van der Waals surface area contributed by atoms with Gasteiger partial charge in [0.15, 0.2) is 0 Å². The molecule has 1 N–H and O–H groups in total. The fraction of sp³-hybridized carbons (Fsp3) is 0.526. The number of carbonyl (C=O) groups excluding carboxylic acids is 1. The molecule has 2 aliphatic heterocycles. The minimum absolute atomic E-state index is 0.179. The lowest BCUT2D eigenvalue weighted by atomic mass is 9.95. The van der Waals surface area contributed by atoms with E-state index in [1.807, 2.05) is 24.5 Å². The molecule has 0 saturated carbocycles. The van der Waals surface area contributed by atoms with E-state index in [0.29, 0.717) is 19.6 Å². The van der Waals surface area contributed by atoms with Gasteiger partial charge >= 0.3 is 5.97 Å². The van der Waals surface area contributed by atoms with Crippen LogP contribution in [0.5, 0.6) is 0 Å². The maximum Gasteiger partial charge on any atom is 0.328 e. The first-order valence-electron chi connectivity index (χ1n) is 9.29. The van der Waals surface area contributed by atoms with Gasteiger partial charge in [-0.3, -0.25) is 19.9 Å². The molecule has 27 heavy (non-hydrogen) atoms. The van der Waals surface area contributed by atoms with Crippen LogP contribution in [0, 0.1) is 0 Å². The summed E-state index contributed by atoms with van der Waals surface area (Å²) in [5.74, 6) is -0.179. The van der Waals surface area contributed by atoms with Gasteiger partial charge in [-0.25, -0.2) is 4.79 Å². The molecule has 144 valence electrons.